The number of nitrogens with one attached hydrogen (secondary N) is 2. The Morgan fingerprint density at radius 1 is 1.11 bits per heavy atom. The van der Waals surface area contributed by atoms with E-state index >= 15 is 0 Å². The van der Waals surface area contributed by atoms with Crippen LogP contribution in [-0.4, -0.2) is 80.8 Å². The van der Waals surface area contributed by atoms with Crippen LogP contribution in [0, 0.1) is 11.2 Å². The minimum Gasteiger partial charge on any atom is -0.481 e. The number of piperidine rings is 1. The second-order valence-corrected chi connectivity index (χ2v) is 9.82. The zero-order chi connectivity index (χ0) is 28.5. The largest absolute Gasteiger partial charge is 0.481 e. The summed E-state index contributed by atoms with van der Waals surface area (Å²) < 4.78 is 13.1. The van der Waals surface area contributed by atoms with Crippen molar-refractivity contribution in [3.63, 3.8) is 0 Å². The highest BCUT2D eigenvalue weighted by Gasteiger charge is 2.43. The lowest BCUT2D eigenvalue weighted by Gasteiger charge is -2.38. The summed E-state index contributed by atoms with van der Waals surface area (Å²) in [7, 11) is 0. The van der Waals surface area contributed by atoms with Gasteiger partial charge < -0.3 is 35.9 Å². The third kappa shape index (κ3) is 8.77. The maximum Gasteiger partial charge on any atom is 0.336 e. The van der Waals surface area contributed by atoms with Crippen LogP contribution in [0.15, 0.2) is 29.4 Å². The van der Waals surface area contributed by atoms with Crippen LogP contribution < -0.4 is 10.6 Å². The number of oxime groups is 1. The number of carboxylic acids is 3. The molecule has 6 N–H and O–H groups in total. The maximum atomic E-state index is 13.1. The van der Waals surface area contributed by atoms with Crippen LogP contribution in [0.2, 0.25) is 0 Å². The topological polar surface area (TPSA) is 195 Å². The molecule has 2 heterocycles. The molecule has 1 fully saturated rings. The fraction of sp³-hybridized carbons (Fsp3) is 0.560. The molecule has 1 aromatic rings. The first kappa shape index (κ1) is 30.6. The Morgan fingerprint density at radius 3 is 2.13 bits per heavy atom. The van der Waals surface area contributed by atoms with E-state index in [1.807, 2.05) is 13.8 Å². The number of halogens is 1. The van der Waals surface area contributed by atoms with Crippen molar-refractivity contribution in [2.24, 2.45) is 10.6 Å². The molecule has 0 saturated carbocycles. The number of carbonyl (C=O) groups excluding carboxylic acids is 1. The van der Waals surface area contributed by atoms with Gasteiger partial charge in [-0.3, -0.25) is 14.4 Å². The first-order valence-electron chi connectivity index (χ1n) is 12.2. The van der Waals surface area contributed by atoms with E-state index in [-0.39, 0.29) is 23.9 Å². The number of amides is 1. The van der Waals surface area contributed by atoms with Gasteiger partial charge in [0, 0.05) is 18.9 Å². The van der Waals surface area contributed by atoms with Gasteiger partial charge in [-0.1, -0.05) is 17.3 Å². The molecule has 1 atom stereocenters. The molecule has 1 amide bonds. The number of rotatable bonds is 10. The Morgan fingerprint density at radius 2 is 1.66 bits per heavy atom. The van der Waals surface area contributed by atoms with Crippen LogP contribution in [0.5, 0.6) is 0 Å². The predicted octanol–water partition coefficient (Wildman–Crippen LogP) is 1.35. The van der Waals surface area contributed by atoms with E-state index in [4.69, 9.17) is 25.3 Å². The van der Waals surface area contributed by atoms with E-state index in [0.29, 0.717) is 12.8 Å². The summed E-state index contributed by atoms with van der Waals surface area (Å²) in [5, 5.41) is 44.4. The summed E-state index contributed by atoms with van der Waals surface area (Å²) >= 11 is 0. The zero-order valence-corrected chi connectivity index (χ0v) is 21.3. The number of aliphatic hydroxyl groups is 1. The van der Waals surface area contributed by atoms with Gasteiger partial charge in [-0.25, -0.2) is 9.18 Å². The van der Waals surface area contributed by atoms with Crippen LogP contribution in [0.4, 0.5) is 4.39 Å². The number of hydrogen-bond donors (Lipinski definition) is 6. The minimum absolute atomic E-state index is 0.114. The Hall–Kier alpha value is -3.58. The van der Waals surface area contributed by atoms with E-state index in [1.165, 1.54) is 12.1 Å². The lowest BCUT2D eigenvalue weighted by molar-refractivity contribution is -0.170. The Kier molecular flexibility index (Phi) is 10.7. The van der Waals surface area contributed by atoms with Gasteiger partial charge in [0.1, 0.15) is 11.9 Å². The molecule has 0 bridgehead atoms. The molecule has 210 valence electrons. The lowest BCUT2D eigenvalue weighted by Crippen LogP contribution is -2.50. The number of carbonyl (C=O) groups is 4. The van der Waals surface area contributed by atoms with Crippen molar-refractivity contribution in [1.82, 2.24) is 10.6 Å². The van der Waals surface area contributed by atoms with E-state index in [1.54, 1.807) is 12.1 Å². The minimum atomic E-state index is -2.74. The molecule has 0 aromatic heterocycles. The predicted molar refractivity (Wildman–Crippen MR) is 132 cm³/mol. The van der Waals surface area contributed by atoms with Crippen molar-refractivity contribution in [2.45, 2.75) is 70.1 Å². The molecule has 0 spiro atoms. The Balaban J connectivity index is 0.000000332. The van der Waals surface area contributed by atoms with Gasteiger partial charge in [0.2, 0.25) is 5.91 Å². The molecule has 0 radical (unpaired) electrons. The normalized spacial score (nSPS) is 18.4. The van der Waals surface area contributed by atoms with Gasteiger partial charge in [0.25, 0.3) is 0 Å². The highest BCUT2D eigenvalue weighted by molar-refractivity contribution is 6.01. The molecular weight excluding hydrogens is 505 g/mol. The average molecular weight is 540 g/mol. The second kappa shape index (κ2) is 13.3. The van der Waals surface area contributed by atoms with E-state index in [0.717, 1.165) is 37.2 Å². The van der Waals surface area contributed by atoms with Crippen LogP contribution in [0.1, 0.15) is 57.9 Å². The Labute approximate surface area is 218 Å². The number of benzene rings is 1. The smallest absolute Gasteiger partial charge is 0.336 e. The van der Waals surface area contributed by atoms with E-state index < -0.39 is 41.8 Å². The lowest BCUT2D eigenvalue weighted by atomic mass is 9.73. The van der Waals surface area contributed by atoms with Crippen molar-refractivity contribution >= 4 is 29.5 Å². The van der Waals surface area contributed by atoms with Gasteiger partial charge in [0.15, 0.2) is 5.60 Å². The first-order chi connectivity index (χ1) is 17.8. The second-order valence-electron chi connectivity index (χ2n) is 9.82. The third-order valence-corrected chi connectivity index (χ3v) is 6.28. The molecule has 3 rings (SSSR count). The molecule has 2 aliphatic heterocycles. The summed E-state index contributed by atoms with van der Waals surface area (Å²) in [6, 6.07) is 6.40. The van der Waals surface area contributed by atoms with Gasteiger partial charge >= 0.3 is 17.9 Å². The zero-order valence-electron chi connectivity index (χ0n) is 21.3. The molecule has 1 aromatic carbocycles. The van der Waals surface area contributed by atoms with Gasteiger partial charge in [0.05, 0.1) is 24.0 Å². The third-order valence-electron chi connectivity index (χ3n) is 6.28. The molecule has 12 nitrogen and oxygen atoms in total. The molecule has 1 saturated heterocycles. The van der Waals surface area contributed by atoms with E-state index in [9.17, 15) is 23.6 Å². The van der Waals surface area contributed by atoms with Crippen molar-refractivity contribution < 1.29 is 48.8 Å². The van der Waals surface area contributed by atoms with Crippen molar-refractivity contribution in [3.8, 4) is 0 Å². The van der Waals surface area contributed by atoms with Crippen LogP contribution >= 0.6 is 0 Å². The molecule has 2 aliphatic rings. The van der Waals surface area contributed by atoms with Crippen LogP contribution in [0.25, 0.3) is 0 Å². The highest BCUT2D eigenvalue weighted by atomic mass is 19.1. The number of hydrogen-bond acceptors (Lipinski definition) is 8. The van der Waals surface area contributed by atoms with Crippen molar-refractivity contribution in [2.75, 3.05) is 13.1 Å². The molecule has 0 aliphatic carbocycles. The standard InChI is InChI=1S/C19H26FN3O2.C6H8O7/c1-13(2)22-18(24)19(7-9-21-10-8-19)12-16-11-17(23-25-16)14-3-5-15(20)6-4-14;7-3(8)1-6(13,5(11)12)2-4(9)10/h3-6,13,16,21H,7-12H2,1-2H3,(H,22,24);13H,1-2H2,(H,7,8)(H,9,10)(H,11,12). The summed E-state index contributed by atoms with van der Waals surface area (Å²) in [5.74, 6) is -5.17. The number of nitrogens with zero attached hydrogens (tertiary/aromatic N) is 1. The summed E-state index contributed by atoms with van der Waals surface area (Å²) in [4.78, 5) is 48.9. The van der Waals surface area contributed by atoms with Crippen molar-refractivity contribution in [1.29, 1.82) is 0 Å². The highest BCUT2D eigenvalue weighted by Crippen LogP contribution is 2.37. The SMILES string of the molecule is CC(C)NC(=O)C1(CC2CC(c3ccc(F)cc3)=NO2)CCNCC1.O=C(O)CC(O)(CC(=O)O)C(=O)O. The fourth-order valence-electron chi connectivity index (χ4n) is 4.34. The molecule has 38 heavy (non-hydrogen) atoms. The summed E-state index contributed by atoms with van der Waals surface area (Å²) in [6.45, 7) is 5.64. The maximum absolute atomic E-state index is 13.1. The van der Waals surface area contributed by atoms with Crippen LogP contribution in [0.3, 0.4) is 0 Å². The monoisotopic (exact) mass is 539 g/mol. The van der Waals surface area contributed by atoms with Crippen LogP contribution in [-0.2, 0) is 24.0 Å². The van der Waals surface area contributed by atoms with Gasteiger partial charge in [-0.15, -0.1) is 0 Å². The quantitative estimate of drug-likeness (QED) is 0.253. The first-order valence-corrected chi connectivity index (χ1v) is 12.2. The van der Waals surface area contributed by atoms with Gasteiger partial charge in [-0.05, 0) is 57.5 Å². The average Bonchev–Trinajstić information content (AvgIpc) is 3.27. The summed E-state index contributed by atoms with van der Waals surface area (Å²) in [5.41, 5.74) is -1.46. The molecular formula is C25H34FN3O9. The van der Waals surface area contributed by atoms with Crippen molar-refractivity contribution in [3.05, 3.63) is 35.6 Å². The number of carboxylic acid groups (broad SMARTS) is 3. The molecule has 1 unspecified atom stereocenters. The fourth-order valence-corrected chi connectivity index (χ4v) is 4.34. The molecule has 13 heteroatoms. The number of aliphatic carboxylic acids is 3. The van der Waals surface area contributed by atoms with Gasteiger partial charge in [-0.2, -0.15) is 0 Å². The summed E-state index contributed by atoms with van der Waals surface area (Å²) in [6.07, 6.45) is 0.505. The Bertz CT molecular complexity index is 1020. The van der Waals surface area contributed by atoms with E-state index in [2.05, 4.69) is 15.8 Å².